The van der Waals surface area contributed by atoms with Crippen LogP contribution in [-0.2, 0) is 10.8 Å². The molecule has 58 heavy (non-hydrogen) atoms. The van der Waals surface area contributed by atoms with Gasteiger partial charge >= 0.3 is 0 Å². The van der Waals surface area contributed by atoms with E-state index in [0.29, 0.717) is 0 Å². The first-order valence-corrected chi connectivity index (χ1v) is 20.4. The molecule has 1 aliphatic heterocycles. The van der Waals surface area contributed by atoms with Gasteiger partial charge in [-0.1, -0.05) is 173 Å². The predicted molar refractivity (Wildman–Crippen MR) is 246 cm³/mol. The minimum atomic E-state index is -0.285. The van der Waals surface area contributed by atoms with E-state index in [1.165, 1.54) is 83.1 Å². The molecule has 0 N–H and O–H groups in total. The minimum absolute atomic E-state index is 0.105. The third-order valence-electron chi connectivity index (χ3n) is 13.0. The van der Waals surface area contributed by atoms with Gasteiger partial charge in [0.1, 0.15) is 0 Å². The highest BCUT2D eigenvalue weighted by molar-refractivity contribution is 6.11. The maximum atomic E-state index is 2.56. The van der Waals surface area contributed by atoms with Gasteiger partial charge in [-0.25, -0.2) is 0 Å². The molecule has 9 aromatic carbocycles. The third-order valence-corrected chi connectivity index (χ3v) is 13.0. The van der Waals surface area contributed by atoms with Gasteiger partial charge in [0.05, 0.1) is 17.1 Å². The largest absolute Gasteiger partial charge is 0.310 e. The summed E-state index contributed by atoms with van der Waals surface area (Å²) in [5, 5.41) is 4.94. The molecule has 2 heteroatoms. The van der Waals surface area contributed by atoms with Crippen LogP contribution in [0.2, 0.25) is 0 Å². The lowest BCUT2D eigenvalue weighted by molar-refractivity contribution is 0.632. The maximum Gasteiger partial charge on any atom is 0.0618 e. The highest BCUT2D eigenvalue weighted by Gasteiger charge is 2.39. The van der Waals surface area contributed by atoms with Crippen LogP contribution in [-0.4, -0.2) is 0 Å². The zero-order valence-electron chi connectivity index (χ0n) is 33.4. The van der Waals surface area contributed by atoms with Crippen molar-refractivity contribution >= 4 is 55.7 Å². The Hall–Kier alpha value is -6.90. The Labute approximate surface area is 341 Å². The normalized spacial score (nSPS) is 14.4. The minimum Gasteiger partial charge on any atom is -0.310 e. The maximum absolute atomic E-state index is 2.56. The lowest BCUT2D eigenvalue weighted by Crippen LogP contribution is -2.31. The van der Waals surface area contributed by atoms with Gasteiger partial charge in [0.2, 0.25) is 0 Å². The monoisotopic (exact) mass is 744 g/mol. The molecule has 0 atom stereocenters. The number of rotatable bonds is 5. The molecule has 0 saturated carbocycles. The Bertz CT molecular complexity index is 3080. The number of para-hydroxylation sites is 2. The first-order valence-electron chi connectivity index (χ1n) is 20.4. The van der Waals surface area contributed by atoms with Gasteiger partial charge < -0.3 is 9.80 Å². The van der Waals surface area contributed by atoms with Crippen LogP contribution in [0.5, 0.6) is 0 Å². The van der Waals surface area contributed by atoms with E-state index in [0.717, 1.165) is 17.1 Å². The average Bonchev–Trinajstić information content (AvgIpc) is 3.49. The van der Waals surface area contributed by atoms with Crippen LogP contribution in [0.4, 0.5) is 34.1 Å². The summed E-state index contributed by atoms with van der Waals surface area (Å²) >= 11 is 0. The molecule has 0 bridgehead atoms. The molecular weight excluding hydrogens is 701 g/mol. The molecule has 1 heterocycles. The van der Waals surface area contributed by atoms with Gasteiger partial charge in [-0.05, 0) is 104 Å². The highest BCUT2D eigenvalue weighted by Crippen LogP contribution is 2.57. The predicted octanol–water partition coefficient (Wildman–Crippen LogP) is 15.5. The van der Waals surface area contributed by atoms with Crippen molar-refractivity contribution in [3.8, 4) is 22.3 Å². The number of nitrogens with zero attached hydrogens (tertiary/aromatic N) is 2. The van der Waals surface area contributed by atoms with Crippen LogP contribution in [0.1, 0.15) is 49.9 Å². The van der Waals surface area contributed by atoms with Crippen molar-refractivity contribution in [3.63, 3.8) is 0 Å². The van der Waals surface area contributed by atoms with Crippen molar-refractivity contribution in [3.05, 3.63) is 216 Å². The summed E-state index contributed by atoms with van der Waals surface area (Å²) in [7, 11) is 0. The molecule has 0 unspecified atom stereocenters. The summed E-state index contributed by atoms with van der Waals surface area (Å²) < 4.78 is 0. The molecule has 0 saturated heterocycles. The third kappa shape index (κ3) is 5.04. The van der Waals surface area contributed by atoms with Crippen LogP contribution in [0, 0.1) is 0 Å². The second-order valence-electron chi connectivity index (χ2n) is 17.0. The molecule has 0 aromatic heterocycles. The van der Waals surface area contributed by atoms with E-state index >= 15 is 0 Å². The number of hydrogen-bond donors (Lipinski definition) is 0. The van der Waals surface area contributed by atoms with Gasteiger partial charge in [-0.2, -0.15) is 0 Å². The summed E-state index contributed by atoms with van der Waals surface area (Å²) in [5.41, 5.74) is 17.1. The lowest BCUT2D eigenvalue weighted by Gasteiger charge is -2.43. The molecule has 0 radical (unpaired) electrons. The van der Waals surface area contributed by atoms with E-state index in [1.54, 1.807) is 0 Å². The van der Waals surface area contributed by atoms with Crippen molar-refractivity contribution in [2.24, 2.45) is 0 Å². The van der Waals surface area contributed by atoms with Gasteiger partial charge in [0, 0.05) is 38.8 Å². The SMILES string of the molecule is CC1(C)c2ccccc2-c2ccc(N(c3ccccc3)c3ccc4c(c3)C(C)(C)c3ccccc3N4c3c(-c4cccc5ccccc45)ccc4ccccc34)cc21. The van der Waals surface area contributed by atoms with Crippen molar-refractivity contribution in [2.75, 3.05) is 9.80 Å². The van der Waals surface area contributed by atoms with Crippen molar-refractivity contribution < 1.29 is 0 Å². The quantitative estimate of drug-likeness (QED) is 0.173. The summed E-state index contributed by atoms with van der Waals surface area (Å²) in [6, 6.07) is 71.9. The fraction of sp³-hybridized carbons (Fsp3) is 0.107. The van der Waals surface area contributed by atoms with Crippen LogP contribution in [0.25, 0.3) is 43.8 Å². The van der Waals surface area contributed by atoms with Crippen LogP contribution in [0.15, 0.2) is 194 Å². The van der Waals surface area contributed by atoms with Crippen LogP contribution < -0.4 is 9.80 Å². The average molecular weight is 745 g/mol. The molecule has 0 spiro atoms. The summed E-state index contributed by atoms with van der Waals surface area (Å²) in [6.45, 7) is 9.51. The van der Waals surface area contributed by atoms with E-state index < -0.39 is 0 Å². The van der Waals surface area contributed by atoms with Crippen LogP contribution in [0.3, 0.4) is 0 Å². The Morgan fingerprint density at radius 2 is 0.879 bits per heavy atom. The number of hydrogen-bond acceptors (Lipinski definition) is 2. The van der Waals surface area contributed by atoms with Gasteiger partial charge in [-0.15, -0.1) is 0 Å². The molecule has 1 aliphatic carbocycles. The number of fused-ring (bicyclic) bond motifs is 7. The first-order chi connectivity index (χ1) is 28.3. The molecule has 0 amide bonds. The van der Waals surface area contributed by atoms with E-state index in [2.05, 4.69) is 232 Å². The second-order valence-corrected chi connectivity index (χ2v) is 17.0. The topological polar surface area (TPSA) is 6.48 Å². The van der Waals surface area contributed by atoms with E-state index in [9.17, 15) is 0 Å². The molecule has 278 valence electrons. The zero-order chi connectivity index (χ0) is 39.2. The van der Waals surface area contributed by atoms with Gasteiger partial charge in [0.25, 0.3) is 0 Å². The summed E-state index contributed by atoms with van der Waals surface area (Å²) in [4.78, 5) is 5.00. The lowest BCUT2D eigenvalue weighted by atomic mass is 9.73. The Kier molecular flexibility index (Phi) is 7.59. The van der Waals surface area contributed by atoms with Gasteiger partial charge in [0.15, 0.2) is 0 Å². The fourth-order valence-corrected chi connectivity index (χ4v) is 10.1. The van der Waals surface area contributed by atoms with Crippen molar-refractivity contribution in [1.29, 1.82) is 0 Å². The second kappa shape index (κ2) is 12.8. The Morgan fingerprint density at radius 3 is 1.69 bits per heavy atom. The summed E-state index contributed by atoms with van der Waals surface area (Å²) in [5.74, 6) is 0. The van der Waals surface area contributed by atoms with Gasteiger partial charge in [-0.3, -0.25) is 0 Å². The first kappa shape index (κ1) is 34.4. The van der Waals surface area contributed by atoms with Crippen LogP contribution >= 0.6 is 0 Å². The molecule has 2 aliphatic rings. The zero-order valence-corrected chi connectivity index (χ0v) is 33.4. The van der Waals surface area contributed by atoms with Crippen molar-refractivity contribution in [2.45, 2.75) is 38.5 Å². The van der Waals surface area contributed by atoms with E-state index in [4.69, 9.17) is 0 Å². The Morgan fingerprint density at radius 1 is 0.345 bits per heavy atom. The number of benzene rings is 9. The van der Waals surface area contributed by atoms with Crippen molar-refractivity contribution in [1.82, 2.24) is 0 Å². The highest BCUT2D eigenvalue weighted by atomic mass is 15.2. The Balaban J connectivity index is 1.15. The molecule has 9 aromatic rings. The number of anilines is 6. The smallest absolute Gasteiger partial charge is 0.0618 e. The van der Waals surface area contributed by atoms with E-state index in [-0.39, 0.29) is 10.8 Å². The fourth-order valence-electron chi connectivity index (χ4n) is 10.1. The standard InChI is InChI=1S/C56H44N2/c1-55(2)48-26-13-12-24-45(48)46-33-30-40(35-50(46)55)57(39-20-6-5-7-21-39)41-31-34-53-51(36-41)56(3,4)49-27-14-15-28-52(49)58(53)54-43-23-11-9-18-38(43)29-32-47(54)44-25-16-19-37-17-8-10-22-42(37)44/h5-36H,1-4H3. The molecule has 2 nitrogen and oxygen atoms in total. The molecule has 0 fully saturated rings. The molecule has 11 rings (SSSR count). The molecular formula is C56H44N2. The summed E-state index contributed by atoms with van der Waals surface area (Å²) in [6.07, 6.45) is 0. The van der Waals surface area contributed by atoms with E-state index in [1.807, 2.05) is 0 Å².